The van der Waals surface area contributed by atoms with Gasteiger partial charge in [0.1, 0.15) is 0 Å². The molecule has 0 N–H and O–H groups in total. The van der Waals surface area contributed by atoms with Crippen molar-refractivity contribution in [1.82, 2.24) is 4.90 Å². The molecule has 0 saturated heterocycles. The predicted octanol–water partition coefficient (Wildman–Crippen LogP) is 4.60. The lowest BCUT2D eigenvalue weighted by Gasteiger charge is -2.18. The minimum absolute atomic E-state index is 0.178. The first-order valence-corrected chi connectivity index (χ1v) is 7.56. The molecule has 0 aliphatic heterocycles. The van der Waals surface area contributed by atoms with E-state index in [4.69, 9.17) is 5.26 Å². The third-order valence-electron chi connectivity index (χ3n) is 3.24. The number of rotatable bonds is 7. The molecular weight excluding hydrogens is 300 g/mol. The Morgan fingerprint density at radius 2 is 2.05 bits per heavy atom. The van der Waals surface area contributed by atoms with Gasteiger partial charge in [-0.05, 0) is 58.0 Å². The van der Waals surface area contributed by atoms with Crippen LogP contribution in [-0.2, 0) is 6.54 Å². The van der Waals surface area contributed by atoms with Crippen LogP contribution in [0, 0.1) is 16.7 Å². The molecule has 0 fully saturated rings. The first-order chi connectivity index (χ1) is 8.93. The Morgan fingerprint density at radius 3 is 2.68 bits per heavy atom. The van der Waals surface area contributed by atoms with Gasteiger partial charge in [0.2, 0.25) is 0 Å². The van der Waals surface area contributed by atoms with E-state index in [2.05, 4.69) is 52.1 Å². The van der Waals surface area contributed by atoms with Gasteiger partial charge in [0, 0.05) is 11.0 Å². The molecule has 1 aromatic carbocycles. The molecule has 0 unspecified atom stereocenters. The Hall–Kier alpha value is -0.850. The molecule has 0 atom stereocenters. The Bertz CT molecular complexity index is 435. The van der Waals surface area contributed by atoms with Crippen molar-refractivity contribution in [3.63, 3.8) is 0 Å². The van der Waals surface area contributed by atoms with Gasteiger partial charge in [0.05, 0.1) is 11.5 Å². The van der Waals surface area contributed by atoms with Crippen LogP contribution in [0.2, 0.25) is 0 Å². The molecule has 0 aromatic heterocycles. The van der Waals surface area contributed by atoms with Gasteiger partial charge in [-0.1, -0.05) is 34.5 Å². The summed E-state index contributed by atoms with van der Waals surface area (Å²) in [6.45, 7) is 6.07. The number of nitriles is 1. The molecule has 0 bridgehead atoms. The van der Waals surface area contributed by atoms with Gasteiger partial charge in [-0.2, -0.15) is 5.26 Å². The summed E-state index contributed by atoms with van der Waals surface area (Å²) >= 11 is 3.50. The average Bonchev–Trinajstić information content (AvgIpc) is 2.35. The van der Waals surface area contributed by atoms with Crippen molar-refractivity contribution in [3.8, 4) is 6.07 Å². The minimum atomic E-state index is -0.178. The molecule has 0 amide bonds. The van der Waals surface area contributed by atoms with Crippen molar-refractivity contribution in [3.05, 3.63) is 34.3 Å². The van der Waals surface area contributed by atoms with Gasteiger partial charge >= 0.3 is 0 Å². The van der Waals surface area contributed by atoms with Gasteiger partial charge in [-0.25, -0.2) is 0 Å². The van der Waals surface area contributed by atoms with Crippen LogP contribution in [0.1, 0.15) is 38.7 Å². The maximum atomic E-state index is 8.96. The van der Waals surface area contributed by atoms with Crippen molar-refractivity contribution in [1.29, 1.82) is 5.26 Å². The van der Waals surface area contributed by atoms with Gasteiger partial charge in [-0.3, -0.25) is 0 Å². The van der Waals surface area contributed by atoms with Crippen LogP contribution in [0.3, 0.4) is 0 Å². The SMILES string of the molecule is CN(CCCCC(C)(C)C#N)Cc1cccc(Br)c1. The third-order valence-corrected chi connectivity index (χ3v) is 3.73. The Balaban J connectivity index is 2.25. The number of unbranched alkanes of at least 4 members (excludes halogenated alkanes) is 1. The summed E-state index contributed by atoms with van der Waals surface area (Å²) in [6.07, 6.45) is 3.24. The van der Waals surface area contributed by atoms with Crippen LogP contribution in [0.4, 0.5) is 0 Å². The minimum Gasteiger partial charge on any atom is -0.302 e. The molecule has 0 spiro atoms. The lowest BCUT2D eigenvalue weighted by molar-refractivity contribution is 0.307. The molecule has 0 heterocycles. The lowest BCUT2D eigenvalue weighted by atomic mass is 9.89. The Morgan fingerprint density at radius 1 is 1.32 bits per heavy atom. The standard InChI is InChI=1S/C16H23BrN2/c1-16(2,13-18)9-4-5-10-19(3)12-14-7-6-8-15(17)11-14/h6-8,11H,4-5,9-10,12H2,1-3H3. The molecule has 1 rings (SSSR count). The van der Waals surface area contributed by atoms with E-state index in [1.807, 2.05) is 19.9 Å². The highest BCUT2D eigenvalue weighted by atomic mass is 79.9. The van der Waals surface area contributed by atoms with E-state index in [9.17, 15) is 0 Å². The molecule has 3 heteroatoms. The molecule has 0 aliphatic carbocycles. The van der Waals surface area contributed by atoms with Gasteiger partial charge in [0.25, 0.3) is 0 Å². The first-order valence-electron chi connectivity index (χ1n) is 6.77. The van der Waals surface area contributed by atoms with Crippen LogP contribution >= 0.6 is 15.9 Å². The highest BCUT2D eigenvalue weighted by molar-refractivity contribution is 9.10. The molecule has 104 valence electrons. The maximum absolute atomic E-state index is 8.96. The number of hydrogen-bond donors (Lipinski definition) is 0. The maximum Gasteiger partial charge on any atom is 0.0683 e. The fourth-order valence-corrected chi connectivity index (χ4v) is 2.48. The van der Waals surface area contributed by atoms with Crippen LogP contribution < -0.4 is 0 Å². The van der Waals surface area contributed by atoms with E-state index < -0.39 is 0 Å². The summed E-state index contributed by atoms with van der Waals surface area (Å²) in [5, 5.41) is 8.96. The van der Waals surface area contributed by atoms with E-state index in [-0.39, 0.29) is 5.41 Å². The summed E-state index contributed by atoms with van der Waals surface area (Å²) in [6, 6.07) is 10.8. The number of nitrogens with zero attached hydrogens (tertiary/aromatic N) is 2. The van der Waals surface area contributed by atoms with Gasteiger partial charge in [-0.15, -0.1) is 0 Å². The van der Waals surface area contributed by atoms with Crippen LogP contribution in [0.25, 0.3) is 0 Å². The van der Waals surface area contributed by atoms with E-state index >= 15 is 0 Å². The van der Waals surface area contributed by atoms with Crippen LogP contribution in [-0.4, -0.2) is 18.5 Å². The topological polar surface area (TPSA) is 27.0 Å². The van der Waals surface area contributed by atoms with E-state index in [1.54, 1.807) is 0 Å². The second kappa shape index (κ2) is 7.67. The van der Waals surface area contributed by atoms with Crippen molar-refractivity contribution >= 4 is 15.9 Å². The zero-order chi connectivity index (χ0) is 14.3. The van der Waals surface area contributed by atoms with Crippen LogP contribution in [0.5, 0.6) is 0 Å². The number of hydrogen-bond acceptors (Lipinski definition) is 2. The molecule has 0 radical (unpaired) electrons. The molecule has 2 nitrogen and oxygen atoms in total. The van der Waals surface area contributed by atoms with Gasteiger partial charge < -0.3 is 4.90 Å². The van der Waals surface area contributed by atoms with Crippen molar-refractivity contribution < 1.29 is 0 Å². The largest absolute Gasteiger partial charge is 0.302 e. The zero-order valence-electron chi connectivity index (χ0n) is 12.1. The van der Waals surface area contributed by atoms with Crippen LogP contribution in [0.15, 0.2) is 28.7 Å². The highest BCUT2D eigenvalue weighted by Crippen LogP contribution is 2.21. The van der Waals surface area contributed by atoms with E-state index in [0.717, 1.165) is 36.8 Å². The summed E-state index contributed by atoms with van der Waals surface area (Å²) in [7, 11) is 2.15. The fourth-order valence-electron chi connectivity index (χ4n) is 2.03. The summed E-state index contributed by atoms with van der Waals surface area (Å²) in [5.41, 5.74) is 1.15. The Labute approximate surface area is 125 Å². The average molecular weight is 323 g/mol. The smallest absolute Gasteiger partial charge is 0.0683 e. The summed E-state index contributed by atoms with van der Waals surface area (Å²) < 4.78 is 1.13. The second-order valence-electron chi connectivity index (χ2n) is 5.82. The highest BCUT2D eigenvalue weighted by Gasteiger charge is 2.15. The van der Waals surface area contributed by atoms with Crippen molar-refractivity contribution in [2.45, 2.75) is 39.7 Å². The molecule has 1 aromatic rings. The first kappa shape index (κ1) is 16.2. The normalized spacial score (nSPS) is 11.6. The number of benzene rings is 1. The van der Waals surface area contributed by atoms with Gasteiger partial charge in [0.15, 0.2) is 0 Å². The lowest BCUT2D eigenvalue weighted by Crippen LogP contribution is -2.19. The summed E-state index contributed by atoms with van der Waals surface area (Å²) in [4.78, 5) is 2.33. The fraction of sp³-hybridized carbons (Fsp3) is 0.562. The zero-order valence-corrected chi connectivity index (χ0v) is 13.7. The summed E-state index contributed by atoms with van der Waals surface area (Å²) in [5.74, 6) is 0. The predicted molar refractivity (Wildman–Crippen MR) is 83.7 cm³/mol. The van der Waals surface area contributed by atoms with Crippen molar-refractivity contribution in [2.75, 3.05) is 13.6 Å². The van der Waals surface area contributed by atoms with E-state index in [0.29, 0.717) is 0 Å². The molecule has 19 heavy (non-hydrogen) atoms. The third kappa shape index (κ3) is 6.75. The number of halogens is 1. The molecule has 0 aliphatic rings. The quantitative estimate of drug-likeness (QED) is 0.686. The van der Waals surface area contributed by atoms with Crippen molar-refractivity contribution in [2.24, 2.45) is 5.41 Å². The second-order valence-corrected chi connectivity index (χ2v) is 6.74. The molecular formula is C16H23BrN2. The molecule has 0 saturated carbocycles. The monoisotopic (exact) mass is 322 g/mol. The Kier molecular flexibility index (Phi) is 6.54. The van der Waals surface area contributed by atoms with E-state index in [1.165, 1.54) is 5.56 Å².